The number of ether oxygens (including phenoxy) is 4. The van der Waals surface area contributed by atoms with Gasteiger partial charge in [-0.15, -0.1) is 0 Å². The summed E-state index contributed by atoms with van der Waals surface area (Å²) in [4.78, 5) is 13.6. The average molecular weight is 536 g/mol. The van der Waals surface area contributed by atoms with E-state index in [1.165, 1.54) is 37.8 Å². The topological polar surface area (TPSA) is 115 Å². The van der Waals surface area contributed by atoms with Crippen LogP contribution >= 0.6 is 0 Å². The van der Waals surface area contributed by atoms with Crippen LogP contribution in [0, 0.1) is 0 Å². The molecule has 10 nitrogen and oxygen atoms in total. The molecule has 0 aliphatic carbocycles. The lowest BCUT2D eigenvalue weighted by Crippen LogP contribution is -2.38. The summed E-state index contributed by atoms with van der Waals surface area (Å²) in [5, 5.41) is 6.20. The van der Waals surface area contributed by atoms with Crippen molar-refractivity contribution in [1.82, 2.24) is 9.62 Å². The maximum Gasteiger partial charge on any atom is 0.247 e. The zero-order chi connectivity index (χ0) is 27.0. The first-order chi connectivity index (χ1) is 17.8. The first kappa shape index (κ1) is 28.5. The molecule has 0 unspecified atom stereocenters. The van der Waals surface area contributed by atoms with E-state index in [0.29, 0.717) is 54.7 Å². The highest BCUT2D eigenvalue weighted by atomic mass is 32.2. The van der Waals surface area contributed by atoms with E-state index in [4.69, 9.17) is 18.9 Å². The van der Waals surface area contributed by atoms with Crippen LogP contribution < -0.4 is 24.8 Å². The summed E-state index contributed by atoms with van der Waals surface area (Å²) in [6.45, 7) is 5.45. The molecule has 3 rings (SSSR count). The van der Waals surface area contributed by atoms with Gasteiger partial charge < -0.3 is 29.6 Å². The van der Waals surface area contributed by atoms with E-state index in [-0.39, 0.29) is 16.9 Å². The number of amides is 1. The number of carbonyl (C=O) groups is 1. The molecular weight excluding hydrogens is 498 g/mol. The summed E-state index contributed by atoms with van der Waals surface area (Å²) in [6, 6.07) is 8.95. The number of methoxy groups -OCH3 is 3. The van der Waals surface area contributed by atoms with Crippen LogP contribution in [-0.4, -0.2) is 72.3 Å². The number of anilines is 1. The molecule has 0 aromatic heterocycles. The molecule has 1 fully saturated rings. The van der Waals surface area contributed by atoms with Gasteiger partial charge in [0.25, 0.3) is 0 Å². The molecule has 2 atom stereocenters. The molecular formula is C26H37N3O7S. The Morgan fingerprint density at radius 3 is 2.16 bits per heavy atom. The van der Waals surface area contributed by atoms with Crippen LogP contribution in [0.3, 0.4) is 0 Å². The number of carbonyl (C=O) groups excluding carboxylic acids is 1. The fourth-order valence-corrected chi connectivity index (χ4v) is 5.75. The lowest BCUT2D eigenvalue weighted by atomic mass is 10.0. The smallest absolute Gasteiger partial charge is 0.247 e. The van der Waals surface area contributed by atoms with Gasteiger partial charge in [-0.3, -0.25) is 4.79 Å². The van der Waals surface area contributed by atoms with Gasteiger partial charge in [-0.25, -0.2) is 8.42 Å². The van der Waals surface area contributed by atoms with Gasteiger partial charge in [-0.1, -0.05) is 13.8 Å². The molecule has 1 saturated heterocycles. The Hall–Kier alpha value is -3.02. The highest BCUT2D eigenvalue weighted by molar-refractivity contribution is 7.89. The van der Waals surface area contributed by atoms with Gasteiger partial charge in [0.2, 0.25) is 21.7 Å². The fraction of sp³-hybridized carbons (Fsp3) is 0.500. The minimum Gasteiger partial charge on any atom is -0.493 e. The fourth-order valence-electron chi connectivity index (χ4n) is 4.29. The van der Waals surface area contributed by atoms with Crippen molar-refractivity contribution >= 4 is 21.6 Å². The number of benzene rings is 2. The molecule has 1 aliphatic rings. The van der Waals surface area contributed by atoms with E-state index in [0.717, 1.165) is 12.8 Å². The summed E-state index contributed by atoms with van der Waals surface area (Å²) in [5.74, 6) is 0.968. The van der Waals surface area contributed by atoms with Crippen molar-refractivity contribution in [3.05, 3.63) is 42.0 Å². The molecule has 204 valence electrons. The van der Waals surface area contributed by atoms with Gasteiger partial charge >= 0.3 is 0 Å². The van der Waals surface area contributed by atoms with Gasteiger partial charge in [0.05, 0.1) is 32.3 Å². The SMILES string of the molecule is CCN(CC)S(=O)(=O)c1ccc(N[C@H](C(=O)NC[C@H]2CCCO2)c2cc(OC)c(OC)c(OC)c2)cc1. The van der Waals surface area contributed by atoms with Gasteiger partial charge in [-0.05, 0) is 54.8 Å². The zero-order valence-corrected chi connectivity index (χ0v) is 22.9. The van der Waals surface area contributed by atoms with E-state index < -0.39 is 16.1 Å². The van der Waals surface area contributed by atoms with Gasteiger partial charge in [0, 0.05) is 31.9 Å². The largest absolute Gasteiger partial charge is 0.493 e. The van der Waals surface area contributed by atoms with Crippen molar-refractivity contribution in [1.29, 1.82) is 0 Å². The quantitative estimate of drug-likeness (QED) is 0.402. The first-order valence-electron chi connectivity index (χ1n) is 12.3. The molecule has 1 aliphatic heterocycles. The lowest BCUT2D eigenvalue weighted by molar-refractivity contribution is -0.122. The summed E-state index contributed by atoms with van der Waals surface area (Å²) in [7, 11) is 0.938. The molecule has 0 radical (unpaired) electrons. The molecule has 11 heteroatoms. The predicted octanol–water partition coefficient (Wildman–Crippen LogP) is 3.19. The third-order valence-corrected chi connectivity index (χ3v) is 8.38. The standard InChI is InChI=1S/C26H37N3O7S/c1-6-29(7-2)37(31,32)21-12-10-19(11-13-21)28-24(26(30)27-17-20-9-8-14-36-20)18-15-22(33-3)25(35-5)23(16-18)34-4/h10-13,15-16,20,24,28H,6-9,14,17H2,1-5H3,(H,27,30)/t20-,24+/m1/s1. The molecule has 2 N–H and O–H groups in total. The van der Waals surface area contributed by atoms with Crippen molar-refractivity contribution in [3.63, 3.8) is 0 Å². The number of nitrogens with one attached hydrogen (secondary N) is 2. The van der Waals surface area contributed by atoms with Crippen LogP contribution in [0.4, 0.5) is 5.69 Å². The van der Waals surface area contributed by atoms with E-state index in [1.807, 2.05) is 0 Å². The Morgan fingerprint density at radius 1 is 1.05 bits per heavy atom. The van der Waals surface area contributed by atoms with Crippen molar-refractivity contribution in [2.24, 2.45) is 0 Å². The second-order valence-electron chi connectivity index (χ2n) is 8.53. The molecule has 2 aromatic rings. The number of rotatable bonds is 13. The van der Waals surface area contributed by atoms with Gasteiger partial charge in [0.15, 0.2) is 11.5 Å². The molecule has 2 aromatic carbocycles. The molecule has 1 amide bonds. The number of nitrogens with zero attached hydrogens (tertiary/aromatic N) is 1. The highest BCUT2D eigenvalue weighted by Crippen LogP contribution is 2.40. The minimum atomic E-state index is -3.59. The summed E-state index contributed by atoms with van der Waals surface area (Å²) < 4.78 is 49.1. The second-order valence-corrected chi connectivity index (χ2v) is 10.5. The average Bonchev–Trinajstić information content (AvgIpc) is 3.44. The van der Waals surface area contributed by atoms with Crippen molar-refractivity contribution < 1.29 is 32.2 Å². The second kappa shape index (κ2) is 13.0. The molecule has 1 heterocycles. The molecule has 37 heavy (non-hydrogen) atoms. The Kier molecular flexibility index (Phi) is 10.0. The number of sulfonamides is 1. The minimum absolute atomic E-state index is 0.0193. The number of hydrogen-bond donors (Lipinski definition) is 2. The molecule has 0 spiro atoms. The lowest BCUT2D eigenvalue weighted by Gasteiger charge is -2.23. The Morgan fingerprint density at radius 2 is 1.68 bits per heavy atom. The van der Waals surface area contributed by atoms with Crippen molar-refractivity contribution in [3.8, 4) is 17.2 Å². The maximum atomic E-state index is 13.4. The van der Waals surface area contributed by atoms with Crippen molar-refractivity contribution in [2.75, 3.05) is 52.9 Å². The number of hydrogen-bond acceptors (Lipinski definition) is 8. The summed E-state index contributed by atoms with van der Waals surface area (Å²) in [6.07, 6.45) is 1.84. The molecule has 0 bridgehead atoms. The van der Waals surface area contributed by atoms with E-state index in [2.05, 4.69) is 10.6 Å². The Bertz CT molecular complexity index is 1120. The summed E-state index contributed by atoms with van der Waals surface area (Å²) >= 11 is 0. The predicted molar refractivity (Wildman–Crippen MR) is 141 cm³/mol. The van der Waals surface area contributed by atoms with Crippen LogP contribution in [0.1, 0.15) is 38.3 Å². The van der Waals surface area contributed by atoms with Crippen LogP contribution in [0.15, 0.2) is 41.3 Å². The van der Waals surface area contributed by atoms with Gasteiger partial charge in [0.1, 0.15) is 6.04 Å². The van der Waals surface area contributed by atoms with Crippen LogP contribution in [0.25, 0.3) is 0 Å². The van der Waals surface area contributed by atoms with Crippen LogP contribution in [0.5, 0.6) is 17.2 Å². The van der Waals surface area contributed by atoms with Gasteiger partial charge in [-0.2, -0.15) is 4.31 Å². The third kappa shape index (κ3) is 6.65. The monoisotopic (exact) mass is 535 g/mol. The van der Waals surface area contributed by atoms with E-state index >= 15 is 0 Å². The van der Waals surface area contributed by atoms with E-state index in [9.17, 15) is 13.2 Å². The Labute approximate surface area is 219 Å². The first-order valence-corrected chi connectivity index (χ1v) is 13.8. The normalized spacial score (nSPS) is 16.3. The van der Waals surface area contributed by atoms with Crippen molar-refractivity contribution in [2.45, 2.75) is 43.7 Å². The summed E-state index contributed by atoms with van der Waals surface area (Å²) in [5.41, 5.74) is 1.16. The maximum absolute atomic E-state index is 13.4. The van der Waals surface area contributed by atoms with Crippen LogP contribution in [-0.2, 0) is 19.6 Å². The van der Waals surface area contributed by atoms with E-state index in [1.54, 1.807) is 38.1 Å². The third-order valence-electron chi connectivity index (χ3n) is 6.32. The zero-order valence-electron chi connectivity index (χ0n) is 22.1. The molecule has 0 saturated carbocycles. The highest BCUT2D eigenvalue weighted by Gasteiger charge is 2.27. The van der Waals surface area contributed by atoms with Crippen LogP contribution in [0.2, 0.25) is 0 Å². The Balaban J connectivity index is 1.93.